The van der Waals surface area contributed by atoms with Crippen LogP contribution >= 0.6 is 15.9 Å². The summed E-state index contributed by atoms with van der Waals surface area (Å²) in [6.45, 7) is 4.43. The molecule has 6 nitrogen and oxygen atoms in total. The zero-order valence-corrected chi connectivity index (χ0v) is 14.5. The number of carbonyl (C=O) groups is 1. The van der Waals surface area contributed by atoms with Crippen LogP contribution in [0.3, 0.4) is 0 Å². The first-order chi connectivity index (χ1) is 9.71. The van der Waals surface area contributed by atoms with Gasteiger partial charge in [-0.3, -0.25) is 0 Å². The monoisotopic (exact) mass is 379 g/mol. The van der Waals surface area contributed by atoms with Crippen LogP contribution in [0, 0.1) is 6.92 Å². The van der Waals surface area contributed by atoms with Gasteiger partial charge in [-0.1, -0.05) is 15.9 Å². The first-order valence-corrected chi connectivity index (χ1v) is 8.52. The first kappa shape index (κ1) is 18.1. The minimum atomic E-state index is -3.75. The number of halogens is 1. The van der Waals surface area contributed by atoms with E-state index in [2.05, 4.69) is 15.9 Å². The molecule has 0 bridgehead atoms. The Bertz CT molecular complexity index is 630. The lowest BCUT2D eigenvalue weighted by Crippen LogP contribution is -2.30. The highest BCUT2D eigenvalue weighted by atomic mass is 79.9. The molecule has 0 radical (unpaired) electrons. The third kappa shape index (κ3) is 4.26. The van der Waals surface area contributed by atoms with Crippen LogP contribution in [-0.4, -0.2) is 50.6 Å². The van der Waals surface area contributed by atoms with Gasteiger partial charge in [0, 0.05) is 24.7 Å². The molecule has 0 spiro atoms. The predicted octanol–water partition coefficient (Wildman–Crippen LogP) is 2.11. The topological polar surface area (TPSA) is 83.9 Å². The molecule has 0 aliphatic rings. The van der Waals surface area contributed by atoms with Crippen molar-refractivity contribution in [3.63, 3.8) is 0 Å². The molecule has 8 heteroatoms. The maximum atomic E-state index is 12.4. The molecule has 0 aliphatic carbocycles. The van der Waals surface area contributed by atoms with Gasteiger partial charge in [0.25, 0.3) is 0 Å². The van der Waals surface area contributed by atoms with E-state index in [1.807, 2.05) is 6.92 Å². The normalized spacial score (nSPS) is 11.9. The summed E-state index contributed by atoms with van der Waals surface area (Å²) in [4.78, 5) is 11.1. The Kier molecular flexibility index (Phi) is 6.33. The van der Waals surface area contributed by atoms with E-state index in [4.69, 9.17) is 9.84 Å². The second kappa shape index (κ2) is 7.35. The molecule has 0 heterocycles. The minimum Gasteiger partial charge on any atom is -0.478 e. The number of aromatic carboxylic acids is 1. The maximum Gasteiger partial charge on any atom is 0.336 e. The fraction of sp³-hybridized carbons (Fsp3) is 0.462. The van der Waals surface area contributed by atoms with Crippen molar-refractivity contribution in [2.75, 3.05) is 26.8 Å². The van der Waals surface area contributed by atoms with E-state index in [9.17, 15) is 13.2 Å². The molecule has 1 rings (SSSR count). The molecule has 21 heavy (non-hydrogen) atoms. The lowest BCUT2D eigenvalue weighted by atomic mass is 10.1. The van der Waals surface area contributed by atoms with Gasteiger partial charge in [0.15, 0.2) is 0 Å². The Morgan fingerprint density at radius 3 is 2.57 bits per heavy atom. The van der Waals surface area contributed by atoms with Crippen molar-refractivity contribution < 1.29 is 23.1 Å². The van der Waals surface area contributed by atoms with Crippen molar-refractivity contribution in [3.05, 3.63) is 27.7 Å². The van der Waals surface area contributed by atoms with Gasteiger partial charge in [-0.2, -0.15) is 4.31 Å². The van der Waals surface area contributed by atoms with E-state index in [1.165, 1.54) is 19.2 Å². The van der Waals surface area contributed by atoms with Crippen LogP contribution < -0.4 is 0 Å². The van der Waals surface area contributed by atoms with E-state index < -0.39 is 16.0 Å². The number of hydrogen-bond donors (Lipinski definition) is 1. The molecule has 1 aromatic carbocycles. The van der Waals surface area contributed by atoms with Crippen molar-refractivity contribution >= 4 is 31.9 Å². The number of sulfonamides is 1. The van der Waals surface area contributed by atoms with Crippen molar-refractivity contribution in [1.82, 2.24) is 4.31 Å². The molecule has 0 fully saturated rings. The number of rotatable bonds is 7. The van der Waals surface area contributed by atoms with Crippen LogP contribution in [0.15, 0.2) is 21.5 Å². The van der Waals surface area contributed by atoms with Gasteiger partial charge in [0.2, 0.25) is 10.0 Å². The lowest BCUT2D eigenvalue weighted by Gasteiger charge is -2.18. The molecular weight excluding hydrogens is 362 g/mol. The molecule has 1 aromatic rings. The molecular formula is C13H18BrNO5S. The Hall–Kier alpha value is -0.960. The first-order valence-electron chi connectivity index (χ1n) is 6.29. The summed E-state index contributed by atoms with van der Waals surface area (Å²) in [5, 5.41) is 9.14. The number of benzene rings is 1. The summed E-state index contributed by atoms with van der Waals surface area (Å²) in [5.74, 6) is -1.16. The van der Waals surface area contributed by atoms with Crippen LogP contribution in [0.2, 0.25) is 0 Å². The Labute approximate surface area is 132 Å². The summed E-state index contributed by atoms with van der Waals surface area (Å²) >= 11 is 3.20. The van der Waals surface area contributed by atoms with Crippen LogP contribution in [0.25, 0.3) is 0 Å². The highest BCUT2D eigenvalue weighted by molar-refractivity contribution is 9.10. The fourth-order valence-electron chi connectivity index (χ4n) is 1.66. The van der Waals surface area contributed by atoms with Crippen molar-refractivity contribution in [2.24, 2.45) is 0 Å². The molecule has 0 saturated carbocycles. The SMILES string of the molecule is CCOCCN(C)S(=O)(=O)c1cc(Br)c(C)c(C(=O)O)c1. The van der Waals surface area contributed by atoms with E-state index in [-0.39, 0.29) is 23.6 Å². The predicted molar refractivity (Wildman–Crippen MR) is 82.1 cm³/mol. The summed E-state index contributed by atoms with van der Waals surface area (Å²) in [6.07, 6.45) is 0. The quantitative estimate of drug-likeness (QED) is 0.733. The van der Waals surface area contributed by atoms with Crippen molar-refractivity contribution in [1.29, 1.82) is 0 Å². The standard InChI is InChI=1S/C13H18BrNO5S/c1-4-20-6-5-15(3)21(18,19)10-7-11(13(16)17)9(2)12(14)8-10/h7-8H,4-6H2,1-3H3,(H,16,17). The molecule has 0 saturated heterocycles. The van der Waals surface area contributed by atoms with Crippen LogP contribution in [0.4, 0.5) is 0 Å². The van der Waals surface area contributed by atoms with Gasteiger partial charge in [-0.15, -0.1) is 0 Å². The van der Waals surface area contributed by atoms with E-state index in [1.54, 1.807) is 6.92 Å². The second-order valence-corrected chi connectivity index (χ2v) is 7.31. The number of nitrogens with zero attached hydrogens (tertiary/aromatic N) is 1. The number of ether oxygens (including phenoxy) is 1. The van der Waals surface area contributed by atoms with Gasteiger partial charge in [-0.25, -0.2) is 13.2 Å². The van der Waals surface area contributed by atoms with E-state index in [0.29, 0.717) is 16.6 Å². The van der Waals surface area contributed by atoms with Crippen molar-refractivity contribution in [3.8, 4) is 0 Å². The van der Waals surface area contributed by atoms with Crippen LogP contribution in [0.1, 0.15) is 22.8 Å². The fourth-order valence-corrected chi connectivity index (χ4v) is 3.48. The lowest BCUT2D eigenvalue weighted by molar-refractivity contribution is 0.0695. The van der Waals surface area contributed by atoms with Crippen LogP contribution in [0.5, 0.6) is 0 Å². The smallest absolute Gasteiger partial charge is 0.336 e. The number of carboxylic acids is 1. The Balaban J connectivity index is 3.17. The molecule has 0 unspecified atom stereocenters. The number of likely N-dealkylation sites (N-methyl/N-ethyl adjacent to an activating group) is 1. The summed E-state index contributed by atoms with van der Waals surface area (Å²) in [7, 11) is -2.32. The van der Waals surface area contributed by atoms with Gasteiger partial charge < -0.3 is 9.84 Å². The number of hydrogen-bond acceptors (Lipinski definition) is 4. The maximum absolute atomic E-state index is 12.4. The zero-order valence-electron chi connectivity index (χ0n) is 12.1. The highest BCUT2D eigenvalue weighted by Gasteiger charge is 2.24. The summed E-state index contributed by atoms with van der Waals surface area (Å²) in [6, 6.07) is 2.59. The second-order valence-electron chi connectivity index (χ2n) is 4.41. The third-order valence-corrected chi connectivity index (χ3v) is 5.67. The minimum absolute atomic E-state index is 0.0406. The third-order valence-electron chi connectivity index (χ3n) is 3.01. The van der Waals surface area contributed by atoms with Gasteiger partial charge in [0.05, 0.1) is 17.1 Å². The largest absolute Gasteiger partial charge is 0.478 e. The summed E-state index contributed by atoms with van der Waals surface area (Å²) in [5.41, 5.74) is 0.444. The van der Waals surface area contributed by atoms with Gasteiger partial charge in [0.1, 0.15) is 0 Å². The molecule has 0 amide bonds. The van der Waals surface area contributed by atoms with E-state index in [0.717, 1.165) is 4.31 Å². The molecule has 0 aliphatic heterocycles. The van der Waals surface area contributed by atoms with E-state index >= 15 is 0 Å². The molecule has 118 valence electrons. The zero-order chi connectivity index (χ0) is 16.2. The number of carboxylic acid groups (broad SMARTS) is 1. The Morgan fingerprint density at radius 1 is 1.43 bits per heavy atom. The Morgan fingerprint density at radius 2 is 2.05 bits per heavy atom. The summed E-state index contributed by atoms with van der Waals surface area (Å²) < 4.78 is 31.6. The van der Waals surface area contributed by atoms with Crippen molar-refractivity contribution in [2.45, 2.75) is 18.7 Å². The van der Waals surface area contributed by atoms with Gasteiger partial charge >= 0.3 is 5.97 Å². The average Bonchev–Trinajstić information content (AvgIpc) is 2.41. The molecule has 1 N–H and O–H groups in total. The average molecular weight is 380 g/mol. The van der Waals surface area contributed by atoms with Crippen LogP contribution in [-0.2, 0) is 14.8 Å². The molecule has 0 atom stereocenters. The van der Waals surface area contributed by atoms with Gasteiger partial charge in [-0.05, 0) is 31.5 Å². The molecule has 0 aromatic heterocycles. The highest BCUT2D eigenvalue weighted by Crippen LogP contribution is 2.26.